The Morgan fingerprint density at radius 3 is 2.67 bits per heavy atom. The van der Waals surface area contributed by atoms with E-state index >= 15 is 0 Å². The number of imidazole rings is 1. The van der Waals surface area contributed by atoms with Crippen molar-refractivity contribution in [2.24, 2.45) is 0 Å². The number of hydrogen-bond donors (Lipinski definition) is 2. The van der Waals surface area contributed by atoms with Gasteiger partial charge in [-0.3, -0.25) is 4.90 Å². The van der Waals surface area contributed by atoms with E-state index in [1.807, 2.05) is 7.05 Å². The molecule has 0 amide bonds. The molecule has 2 rings (SSSR count). The summed E-state index contributed by atoms with van der Waals surface area (Å²) in [6, 6.07) is 6.35. The third-order valence-corrected chi connectivity index (χ3v) is 3.93. The van der Waals surface area contributed by atoms with Crippen molar-refractivity contribution >= 4 is 11.0 Å². The summed E-state index contributed by atoms with van der Waals surface area (Å²) in [6.07, 6.45) is 0.907. The third-order valence-electron chi connectivity index (χ3n) is 3.93. The van der Waals surface area contributed by atoms with Crippen LogP contribution in [0.4, 0.5) is 0 Å². The fourth-order valence-corrected chi connectivity index (χ4v) is 2.85. The molecule has 1 atom stereocenters. The molecule has 0 saturated heterocycles. The summed E-state index contributed by atoms with van der Waals surface area (Å²) in [5, 5.41) is 18.5. The molecule has 5 nitrogen and oxygen atoms in total. The van der Waals surface area contributed by atoms with Gasteiger partial charge in [-0.05, 0) is 38.1 Å². The van der Waals surface area contributed by atoms with Crippen LogP contribution in [0.15, 0.2) is 18.2 Å². The van der Waals surface area contributed by atoms with Crippen LogP contribution in [0.2, 0.25) is 0 Å². The van der Waals surface area contributed by atoms with Gasteiger partial charge < -0.3 is 14.8 Å². The summed E-state index contributed by atoms with van der Waals surface area (Å²) in [5.41, 5.74) is 3.20. The Morgan fingerprint density at radius 2 is 2.05 bits per heavy atom. The lowest BCUT2D eigenvalue weighted by molar-refractivity contribution is 0.168. The number of fused-ring (bicyclic) bond motifs is 1. The van der Waals surface area contributed by atoms with Crippen molar-refractivity contribution in [3.63, 3.8) is 0 Å². The second-order valence-corrected chi connectivity index (χ2v) is 5.47. The van der Waals surface area contributed by atoms with Gasteiger partial charge in [-0.15, -0.1) is 0 Å². The van der Waals surface area contributed by atoms with Crippen LogP contribution >= 0.6 is 0 Å². The zero-order valence-corrected chi connectivity index (χ0v) is 13.1. The average molecular weight is 291 g/mol. The summed E-state index contributed by atoms with van der Waals surface area (Å²) < 4.78 is 2.09. The quantitative estimate of drug-likeness (QED) is 0.815. The van der Waals surface area contributed by atoms with Crippen molar-refractivity contribution in [1.29, 1.82) is 0 Å². The molecule has 1 aromatic heterocycles. The molecule has 0 saturated carbocycles. The van der Waals surface area contributed by atoms with Crippen LogP contribution in [0, 0.1) is 6.92 Å². The molecule has 0 spiro atoms. The lowest BCUT2D eigenvalue weighted by Crippen LogP contribution is -2.29. The van der Waals surface area contributed by atoms with Crippen molar-refractivity contribution in [1.82, 2.24) is 14.5 Å². The van der Waals surface area contributed by atoms with Crippen LogP contribution in [-0.4, -0.2) is 51.5 Å². The summed E-state index contributed by atoms with van der Waals surface area (Å²) in [6.45, 7) is 5.54. The highest BCUT2D eigenvalue weighted by atomic mass is 16.3. The van der Waals surface area contributed by atoms with E-state index in [-0.39, 0.29) is 19.3 Å². The van der Waals surface area contributed by atoms with Gasteiger partial charge in [0.05, 0.1) is 30.3 Å². The molecule has 1 aromatic carbocycles. The molecule has 0 fully saturated rings. The molecule has 116 valence electrons. The smallest absolute Gasteiger partial charge is 0.127 e. The van der Waals surface area contributed by atoms with Gasteiger partial charge in [0.25, 0.3) is 0 Å². The van der Waals surface area contributed by atoms with Crippen molar-refractivity contribution in [2.45, 2.75) is 32.9 Å². The van der Waals surface area contributed by atoms with Crippen LogP contribution < -0.4 is 0 Å². The van der Waals surface area contributed by atoms with Gasteiger partial charge in [0.15, 0.2) is 0 Å². The Kier molecular flexibility index (Phi) is 5.33. The number of aryl methyl sites for hydroxylation is 1. The van der Waals surface area contributed by atoms with E-state index in [0.717, 1.165) is 23.3 Å². The zero-order chi connectivity index (χ0) is 15.4. The largest absolute Gasteiger partial charge is 0.395 e. The van der Waals surface area contributed by atoms with Crippen LogP contribution in [0.3, 0.4) is 0 Å². The number of benzene rings is 1. The van der Waals surface area contributed by atoms with E-state index in [1.54, 1.807) is 0 Å². The van der Waals surface area contributed by atoms with Gasteiger partial charge in [-0.2, -0.15) is 0 Å². The Labute approximate surface area is 125 Å². The van der Waals surface area contributed by atoms with Crippen molar-refractivity contribution in [2.75, 3.05) is 26.8 Å². The van der Waals surface area contributed by atoms with Crippen molar-refractivity contribution in [3.8, 4) is 0 Å². The van der Waals surface area contributed by atoms with Crippen LogP contribution in [-0.2, 0) is 6.54 Å². The number of rotatable bonds is 7. The number of hydrogen-bond acceptors (Lipinski definition) is 4. The molecule has 0 aliphatic carbocycles. The first-order chi connectivity index (χ1) is 10.1. The normalized spacial score (nSPS) is 13.2. The van der Waals surface area contributed by atoms with Gasteiger partial charge in [0.1, 0.15) is 5.82 Å². The highest BCUT2D eigenvalue weighted by Gasteiger charge is 2.22. The van der Waals surface area contributed by atoms with Crippen molar-refractivity contribution < 1.29 is 10.2 Å². The molecule has 0 aliphatic heterocycles. The Bertz CT molecular complexity index is 594. The van der Waals surface area contributed by atoms with Crippen LogP contribution in [0.25, 0.3) is 11.0 Å². The third kappa shape index (κ3) is 3.26. The maximum absolute atomic E-state index is 9.37. The Morgan fingerprint density at radius 1 is 1.29 bits per heavy atom. The molecular formula is C16H25N3O2. The van der Waals surface area contributed by atoms with E-state index in [1.165, 1.54) is 5.56 Å². The number of aliphatic hydroxyl groups excluding tert-OH is 2. The van der Waals surface area contributed by atoms with E-state index in [4.69, 9.17) is 10.1 Å². The van der Waals surface area contributed by atoms with Gasteiger partial charge in [-0.1, -0.05) is 13.0 Å². The number of aromatic nitrogens is 2. The average Bonchev–Trinajstić information content (AvgIpc) is 2.78. The zero-order valence-electron chi connectivity index (χ0n) is 13.1. The predicted molar refractivity (Wildman–Crippen MR) is 84.3 cm³/mol. The van der Waals surface area contributed by atoms with E-state index in [9.17, 15) is 5.11 Å². The summed E-state index contributed by atoms with van der Waals surface area (Å²) in [7, 11) is 2.00. The first-order valence-electron chi connectivity index (χ1n) is 7.51. The fraction of sp³-hybridized carbons (Fsp3) is 0.562. The molecule has 0 aliphatic rings. The monoisotopic (exact) mass is 291 g/mol. The number of likely N-dealkylation sites (N-methyl/N-ethyl adjacent to an activating group) is 1. The maximum atomic E-state index is 9.37. The first-order valence-corrected chi connectivity index (χ1v) is 7.51. The molecule has 1 heterocycles. The Balaban J connectivity index is 2.52. The van der Waals surface area contributed by atoms with E-state index in [0.29, 0.717) is 13.1 Å². The highest BCUT2D eigenvalue weighted by molar-refractivity contribution is 5.77. The highest BCUT2D eigenvalue weighted by Crippen LogP contribution is 2.27. The maximum Gasteiger partial charge on any atom is 0.127 e. The minimum Gasteiger partial charge on any atom is -0.395 e. The topological polar surface area (TPSA) is 61.5 Å². The first kappa shape index (κ1) is 15.9. The van der Waals surface area contributed by atoms with E-state index in [2.05, 4.69) is 41.5 Å². The van der Waals surface area contributed by atoms with Crippen LogP contribution in [0.5, 0.6) is 0 Å². The molecule has 0 bridgehead atoms. The minimum atomic E-state index is 0.0898. The van der Waals surface area contributed by atoms with E-state index < -0.39 is 0 Å². The predicted octanol–water partition coefficient (Wildman–Crippen LogP) is 1.71. The Hall–Kier alpha value is -1.43. The second-order valence-electron chi connectivity index (χ2n) is 5.47. The molecule has 2 aromatic rings. The van der Waals surface area contributed by atoms with Crippen LogP contribution in [0.1, 0.15) is 30.8 Å². The minimum absolute atomic E-state index is 0.0898. The summed E-state index contributed by atoms with van der Waals surface area (Å²) in [5.74, 6) is 0.961. The standard InChI is InChI=1S/C16H25N3O2/c1-4-14(18(3)7-9-20)16-17-13-11-12(2)5-6-15(13)19(16)8-10-21/h5-6,11,14,20-21H,4,7-10H2,1-3H3. The van der Waals surface area contributed by atoms with Gasteiger partial charge in [0, 0.05) is 13.1 Å². The van der Waals surface area contributed by atoms with Gasteiger partial charge in [0.2, 0.25) is 0 Å². The van der Waals surface area contributed by atoms with Crippen molar-refractivity contribution in [3.05, 3.63) is 29.6 Å². The molecular weight excluding hydrogens is 266 g/mol. The lowest BCUT2D eigenvalue weighted by atomic mass is 10.2. The molecule has 1 unspecified atom stereocenters. The summed E-state index contributed by atoms with van der Waals surface area (Å²) in [4.78, 5) is 6.91. The van der Waals surface area contributed by atoms with Gasteiger partial charge >= 0.3 is 0 Å². The number of aliphatic hydroxyl groups is 2. The molecule has 5 heteroatoms. The SMILES string of the molecule is CCC(c1nc2cc(C)ccc2n1CCO)N(C)CCO. The van der Waals surface area contributed by atoms with Gasteiger partial charge in [-0.25, -0.2) is 4.98 Å². The number of nitrogens with zero attached hydrogens (tertiary/aromatic N) is 3. The lowest BCUT2D eigenvalue weighted by Gasteiger charge is -2.26. The molecule has 21 heavy (non-hydrogen) atoms. The molecule has 0 radical (unpaired) electrons. The summed E-state index contributed by atoms with van der Waals surface area (Å²) >= 11 is 0. The fourth-order valence-electron chi connectivity index (χ4n) is 2.85. The second kappa shape index (κ2) is 7.02. The molecule has 2 N–H and O–H groups in total.